The van der Waals surface area contributed by atoms with E-state index >= 15 is 0 Å². The zero-order chi connectivity index (χ0) is 66.0. The molecule has 31 heteroatoms. The van der Waals surface area contributed by atoms with E-state index < -0.39 is 125 Å². The number of aliphatic carboxylic acids is 1. The molecule has 0 radical (unpaired) electrons. The number of carbonyl (C=O) groups is 9. The third-order valence-electron chi connectivity index (χ3n) is 14.6. The smallest absolute Gasteiger partial charge is 0.326 e. The fourth-order valence-electron chi connectivity index (χ4n) is 9.31. The summed E-state index contributed by atoms with van der Waals surface area (Å²) in [5.41, 5.74) is 52.2. The molecule has 31 nitrogen and oxygen atoms in total. The fraction of sp³-hybridized carbons (Fsp3) is 0.649. The first-order valence-corrected chi connectivity index (χ1v) is 30.2. The number of H-pyrrole nitrogens is 1. The van der Waals surface area contributed by atoms with Crippen LogP contribution in [0.5, 0.6) is 0 Å². The normalized spacial score (nSPS) is 14.6. The van der Waals surface area contributed by atoms with Crippen molar-refractivity contribution < 1.29 is 48.3 Å². The van der Waals surface area contributed by atoms with Crippen molar-refractivity contribution in [1.82, 2.24) is 47.5 Å². The van der Waals surface area contributed by atoms with Gasteiger partial charge in [-0.05, 0) is 120 Å². The number of unbranched alkanes of at least 4 members (excludes halogenated alkanes) is 2. The van der Waals surface area contributed by atoms with Gasteiger partial charge in [0, 0.05) is 43.2 Å². The number of benzene rings is 1. The average molecular weight is 1240 g/mol. The van der Waals surface area contributed by atoms with E-state index in [4.69, 9.17) is 51.6 Å². The van der Waals surface area contributed by atoms with Crippen molar-refractivity contribution in [2.75, 3.05) is 32.7 Å². The number of guanidine groups is 3. The van der Waals surface area contributed by atoms with Crippen molar-refractivity contribution in [2.45, 2.75) is 186 Å². The topological polar surface area (TPSA) is 557 Å². The molecule has 8 amide bonds. The van der Waals surface area contributed by atoms with Crippen molar-refractivity contribution >= 4 is 82.0 Å². The molecule has 0 aliphatic rings. The molecule has 0 saturated heterocycles. The fourth-order valence-corrected chi connectivity index (χ4v) is 9.31. The number of fused-ring (bicyclic) bond motifs is 1. The summed E-state index contributed by atoms with van der Waals surface area (Å²) in [6, 6.07) is -4.18. The van der Waals surface area contributed by atoms with Gasteiger partial charge in [0.2, 0.25) is 47.3 Å². The summed E-state index contributed by atoms with van der Waals surface area (Å²) in [6.07, 6.45) is 4.65. The Balaban J connectivity index is 2.63. The Morgan fingerprint density at radius 1 is 0.477 bits per heavy atom. The number of rotatable bonds is 43. The predicted octanol–water partition coefficient (Wildman–Crippen LogP) is -3.22. The number of carboxylic acid groups (broad SMARTS) is 1. The quantitative estimate of drug-likeness (QED) is 0.0176. The molecule has 1 aromatic carbocycles. The number of aliphatic imine (C=N–C) groups is 3. The van der Waals surface area contributed by atoms with E-state index in [1.165, 1.54) is 0 Å². The number of nitrogens with zero attached hydrogens (tertiary/aromatic N) is 3. The Bertz CT molecular complexity index is 2650. The molecule has 10 atom stereocenters. The third kappa shape index (κ3) is 27.6. The van der Waals surface area contributed by atoms with Crippen LogP contribution in [-0.2, 0) is 49.6 Å². The highest BCUT2D eigenvalue weighted by atomic mass is 16.4. The number of amides is 8. The van der Waals surface area contributed by atoms with Gasteiger partial charge in [-0.15, -0.1) is 0 Å². The van der Waals surface area contributed by atoms with Crippen LogP contribution in [0.25, 0.3) is 10.9 Å². The van der Waals surface area contributed by atoms with Crippen LogP contribution in [0, 0.1) is 17.8 Å². The molecule has 1 heterocycles. The Kier molecular flexibility index (Phi) is 34.6. The molecule has 0 unspecified atom stereocenters. The van der Waals surface area contributed by atoms with Gasteiger partial charge in [0.05, 0.1) is 6.04 Å². The number of carboxylic acids is 1. The first-order valence-electron chi connectivity index (χ1n) is 30.2. The second-order valence-corrected chi connectivity index (χ2v) is 22.6. The van der Waals surface area contributed by atoms with Gasteiger partial charge in [-0.1, -0.05) is 66.2 Å². The Labute approximate surface area is 515 Å². The average Bonchev–Trinajstić information content (AvgIpc) is 4.12. The summed E-state index contributed by atoms with van der Waals surface area (Å²) < 4.78 is 0. The first kappa shape index (κ1) is 75.8. The molecule has 0 aliphatic carbocycles. The van der Waals surface area contributed by atoms with Crippen LogP contribution in [-0.4, -0.2) is 168 Å². The summed E-state index contributed by atoms with van der Waals surface area (Å²) in [6.45, 7) is 11.0. The van der Waals surface area contributed by atoms with E-state index in [0.29, 0.717) is 50.6 Å². The zero-order valence-electron chi connectivity index (χ0n) is 51.9. The lowest BCUT2D eigenvalue weighted by molar-refractivity contribution is -0.143. The van der Waals surface area contributed by atoms with Gasteiger partial charge < -0.3 is 104 Å². The largest absolute Gasteiger partial charge is 0.480 e. The van der Waals surface area contributed by atoms with Crippen LogP contribution < -0.4 is 94.1 Å². The van der Waals surface area contributed by atoms with Gasteiger partial charge >= 0.3 is 5.97 Å². The maximum Gasteiger partial charge on any atom is 0.326 e. The Hall–Kier alpha value is -8.32. The van der Waals surface area contributed by atoms with Crippen LogP contribution in [0.1, 0.15) is 131 Å². The SMILES string of the molecule is CC[C@H](C)[C@H](NC(=O)[C@H](CCCCN)NC(=O)[C@H](Cc1c[nH]c2ccccc12)NC(=O)[C@H](CCCN=C(N)N)NC(=O)[C@@H](NC(=O)[C@H](CCCCN)NC(=O)[C@@H](N)CCCN=C(N)N)C(C)C)C(=O)N[C@@H](CCCN=C(N)N)C(=O)N[C@H](C(=O)O)C(C)C. The van der Waals surface area contributed by atoms with Crippen LogP contribution >= 0.6 is 0 Å². The molecular weight excluding hydrogens is 1140 g/mol. The standard InChI is InChI=1S/C57H101N21O10/c1-7-33(6)45(53(86)74-41(23-16-28-69-57(65)66)49(82)77-44(32(4)5)54(87)88)78-50(83)39(21-11-13-25-59)72-51(84)42(29-34-30-70-37-19-9-8-17-35(34)37)75-47(80)40(22-15-27-68-56(63)64)73-52(85)43(31(2)3)76-48(81)38(20-10-12-24-58)71-46(79)36(60)18-14-26-67-55(61)62/h8-9,17,19,30-33,36,38-45,70H,7,10-16,18,20-29,58-60H2,1-6H3,(H,71,79)(H,72,84)(H,73,85)(H,74,86)(H,75,80)(H,76,81)(H,77,82)(H,78,83)(H,87,88)(H4,61,62,67)(H4,63,64,68)(H4,65,66,69)/t33-,36-,38-,39-,40-,41-,42-,43-,44-,45-/m0/s1. The number of nitrogens with two attached hydrogens (primary N) is 9. The second kappa shape index (κ2) is 40.2. The van der Waals surface area contributed by atoms with Gasteiger partial charge in [0.1, 0.15) is 48.3 Å². The summed E-state index contributed by atoms with van der Waals surface area (Å²) in [5, 5.41) is 32.4. The molecule has 0 aliphatic heterocycles. The van der Waals surface area contributed by atoms with Crippen molar-refractivity contribution in [3.05, 3.63) is 36.0 Å². The Morgan fingerprint density at radius 3 is 1.30 bits per heavy atom. The highest BCUT2D eigenvalue weighted by molar-refractivity contribution is 5.99. The van der Waals surface area contributed by atoms with Crippen LogP contribution in [0.15, 0.2) is 45.4 Å². The van der Waals surface area contributed by atoms with Crippen molar-refractivity contribution in [3.8, 4) is 0 Å². The molecule has 0 bridgehead atoms. The second-order valence-electron chi connectivity index (χ2n) is 22.6. The number of para-hydroxylation sites is 1. The summed E-state index contributed by atoms with van der Waals surface area (Å²) in [7, 11) is 0. The minimum Gasteiger partial charge on any atom is -0.480 e. The number of hydrogen-bond acceptors (Lipinski definition) is 15. The molecule has 494 valence electrons. The van der Waals surface area contributed by atoms with Gasteiger partial charge in [0.25, 0.3) is 0 Å². The van der Waals surface area contributed by atoms with E-state index in [2.05, 4.69) is 62.5 Å². The highest BCUT2D eigenvalue weighted by Crippen LogP contribution is 2.20. The van der Waals surface area contributed by atoms with Gasteiger partial charge in [-0.3, -0.25) is 53.3 Å². The number of aromatic amines is 1. The first-order chi connectivity index (χ1) is 41.6. The molecule has 0 saturated carbocycles. The van der Waals surface area contributed by atoms with Crippen molar-refractivity contribution in [2.24, 2.45) is 84.3 Å². The lowest BCUT2D eigenvalue weighted by atomic mass is 9.96. The number of carbonyl (C=O) groups excluding carboxylic acids is 8. The van der Waals surface area contributed by atoms with E-state index in [0.717, 1.165) is 10.9 Å². The molecular formula is C57H101N21O10. The maximum absolute atomic E-state index is 15.0. The van der Waals surface area contributed by atoms with E-state index in [9.17, 15) is 48.3 Å². The molecule has 2 rings (SSSR count). The molecule has 28 N–H and O–H groups in total. The summed E-state index contributed by atoms with van der Waals surface area (Å²) in [5.74, 6) is -9.54. The van der Waals surface area contributed by atoms with E-state index in [1.807, 2.05) is 18.2 Å². The van der Waals surface area contributed by atoms with Crippen LogP contribution in [0.3, 0.4) is 0 Å². The molecule has 0 spiro atoms. The van der Waals surface area contributed by atoms with Crippen molar-refractivity contribution in [3.63, 3.8) is 0 Å². The van der Waals surface area contributed by atoms with Gasteiger partial charge in [-0.25, -0.2) is 4.79 Å². The highest BCUT2D eigenvalue weighted by Gasteiger charge is 2.37. The third-order valence-corrected chi connectivity index (χ3v) is 14.6. The van der Waals surface area contributed by atoms with E-state index in [-0.39, 0.29) is 95.4 Å². The Morgan fingerprint density at radius 2 is 0.852 bits per heavy atom. The van der Waals surface area contributed by atoms with Crippen LogP contribution in [0.4, 0.5) is 0 Å². The lowest BCUT2D eigenvalue weighted by Crippen LogP contribution is -2.61. The monoisotopic (exact) mass is 1240 g/mol. The predicted molar refractivity (Wildman–Crippen MR) is 338 cm³/mol. The maximum atomic E-state index is 15.0. The molecule has 88 heavy (non-hydrogen) atoms. The molecule has 2 aromatic rings. The molecule has 0 fully saturated rings. The van der Waals surface area contributed by atoms with Gasteiger partial charge in [-0.2, -0.15) is 0 Å². The summed E-state index contributed by atoms with van der Waals surface area (Å²) in [4.78, 5) is 142. The minimum absolute atomic E-state index is 0.0180. The number of aromatic nitrogens is 1. The number of nitrogens with one attached hydrogen (secondary N) is 9. The van der Waals surface area contributed by atoms with Gasteiger partial charge in [0.15, 0.2) is 17.9 Å². The van der Waals surface area contributed by atoms with Crippen LogP contribution in [0.2, 0.25) is 0 Å². The lowest BCUT2D eigenvalue weighted by Gasteiger charge is -2.30. The summed E-state index contributed by atoms with van der Waals surface area (Å²) >= 11 is 0. The minimum atomic E-state index is -1.43. The number of hydrogen-bond donors (Lipinski definition) is 19. The van der Waals surface area contributed by atoms with Crippen molar-refractivity contribution in [1.29, 1.82) is 0 Å². The molecule has 1 aromatic heterocycles. The van der Waals surface area contributed by atoms with E-state index in [1.54, 1.807) is 53.8 Å². The zero-order valence-corrected chi connectivity index (χ0v) is 51.9.